The van der Waals surface area contributed by atoms with Crippen molar-refractivity contribution in [3.05, 3.63) is 29.7 Å². The number of methoxy groups -OCH3 is 1. The van der Waals surface area contributed by atoms with Crippen LogP contribution in [0.1, 0.15) is 57.6 Å². The monoisotopic (exact) mass is 346 g/mol. The molecule has 0 spiro atoms. The molecule has 1 aliphatic carbocycles. The number of carbonyl (C=O) groups excluding carboxylic acids is 1. The largest absolute Gasteiger partial charge is 0.381 e. The number of carbonyl (C=O) groups is 1. The molecule has 2 aliphatic rings. The number of aromatic nitrogens is 2. The van der Waals surface area contributed by atoms with Gasteiger partial charge in [0.05, 0.1) is 24.0 Å². The Morgan fingerprint density at radius 1 is 1.52 bits per heavy atom. The first kappa shape index (κ1) is 18.0. The van der Waals surface area contributed by atoms with Gasteiger partial charge in [0.25, 0.3) is 5.91 Å². The zero-order valence-corrected chi connectivity index (χ0v) is 15.5. The fourth-order valence-corrected chi connectivity index (χ4v) is 3.74. The quantitative estimate of drug-likeness (QED) is 0.796. The van der Waals surface area contributed by atoms with Crippen LogP contribution < -0.4 is 10.6 Å². The minimum atomic E-state index is -0.0556. The maximum atomic E-state index is 12.6. The maximum Gasteiger partial charge on any atom is 0.267 e. The molecule has 2 N–H and O–H groups in total. The molecule has 3 unspecified atom stereocenters. The normalized spacial score (nSPS) is 26.5. The SMILES string of the molecule is CCCCn1cc(C(C)NC(=O)C2=CC3CC[C@H](OC)CC3N2)cn1. The molecule has 4 atom stereocenters. The Labute approximate surface area is 150 Å². The molecule has 1 saturated carbocycles. The second-order valence-electron chi connectivity index (χ2n) is 7.25. The molecule has 6 nitrogen and oxygen atoms in total. The molecule has 1 fully saturated rings. The van der Waals surface area contributed by atoms with E-state index in [1.54, 1.807) is 7.11 Å². The maximum absolute atomic E-state index is 12.6. The van der Waals surface area contributed by atoms with Crippen molar-refractivity contribution in [3.63, 3.8) is 0 Å². The first-order valence-electron chi connectivity index (χ1n) is 9.45. The van der Waals surface area contributed by atoms with Crippen LogP contribution in [0.2, 0.25) is 0 Å². The molecule has 1 aromatic heterocycles. The summed E-state index contributed by atoms with van der Waals surface area (Å²) in [6, 6.07) is 0.270. The van der Waals surface area contributed by atoms with E-state index < -0.39 is 0 Å². The highest BCUT2D eigenvalue weighted by Gasteiger charge is 2.35. The van der Waals surface area contributed by atoms with E-state index in [9.17, 15) is 4.79 Å². The summed E-state index contributed by atoms with van der Waals surface area (Å²) < 4.78 is 7.43. The molecule has 1 amide bonds. The van der Waals surface area contributed by atoms with Crippen LogP contribution in [0.3, 0.4) is 0 Å². The fourth-order valence-electron chi connectivity index (χ4n) is 3.74. The van der Waals surface area contributed by atoms with Crippen LogP contribution in [0.15, 0.2) is 24.2 Å². The summed E-state index contributed by atoms with van der Waals surface area (Å²) in [5.74, 6) is 0.413. The van der Waals surface area contributed by atoms with Gasteiger partial charge in [-0.05, 0) is 38.5 Å². The first-order chi connectivity index (χ1) is 12.1. The average Bonchev–Trinajstić information content (AvgIpc) is 3.25. The van der Waals surface area contributed by atoms with Gasteiger partial charge >= 0.3 is 0 Å². The van der Waals surface area contributed by atoms with E-state index in [0.29, 0.717) is 23.8 Å². The number of hydrogen-bond acceptors (Lipinski definition) is 4. The summed E-state index contributed by atoms with van der Waals surface area (Å²) >= 11 is 0. The van der Waals surface area contributed by atoms with Crippen LogP contribution in [0.5, 0.6) is 0 Å². The predicted octanol–water partition coefficient (Wildman–Crippen LogP) is 2.53. The lowest BCUT2D eigenvalue weighted by atomic mass is 9.84. The second kappa shape index (κ2) is 8.04. The summed E-state index contributed by atoms with van der Waals surface area (Å²) in [5, 5.41) is 10.9. The van der Waals surface area contributed by atoms with Crippen molar-refractivity contribution < 1.29 is 9.53 Å². The number of aryl methyl sites for hydroxylation is 1. The molecule has 1 aromatic rings. The number of unbranched alkanes of at least 4 members (excludes halogenated alkanes) is 1. The van der Waals surface area contributed by atoms with Crippen LogP contribution in [0, 0.1) is 5.92 Å². The van der Waals surface area contributed by atoms with Crippen molar-refractivity contribution in [2.45, 2.75) is 70.7 Å². The summed E-state index contributed by atoms with van der Waals surface area (Å²) in [4.78, 5) is 12.6. The van der Waals surface area contributed by atoms with Gasteiger partial charge in [-0.2, -0.15) is 5.10 Å². The van der Waals surface area contributed by atoms with E-state index in [2.05, 4.69) is 28.7 Å². The molecular weight excluding hydrogens is 316 g/mol. The fraction of sp³-hybridized carbons (Fsp3) is 0.684. The number of fused-ring (bicyclic) bond motifs is 1. The number of nitrogens with zero attached hydrogens (tertiary/aromatic N) is 2. The van der Waals surface area contributed by atoms with Crippen molar-refractivity contribution in [2.24, 2.45) is 5.92 Å². The highest BCUT2D eigenvalue weighted by molar-refractivity contribution is 5.93. The van der Waals surface area contributed by atoms with Gasteiger partial charge in [-0.3, -0.25) is 9.48 Å². The van der Waals surface area contributed by atoms with E-state index in [4.69, 9.17) is 4.74 Å². The molecule has 1 aliphatic heterocycles. The third-order valence-electron chi connectivity index (χ3n) is 5.40. The van der Waals surface area contributed by atoms with Crippen molar-refractivity contribution in [2.75, 3.05) is 7.11 Å². The van der Waals surface area contributed by atoms with Gasteiger partial charge in [-0.25, -0.2) is 0 Å². The molecule has 0 bridgehead atoms. The van der Waals surface area contributed by atoms with E-state index in [-0.39, 0.29) is 11.9 Å². The van der Waals surface area contributed by atoms with E-state index >= 15 is 0 Å². The van der Waals surface area contributed by atoms with Gasteiger partial charge < -0.3 is 15.4 Å². The Hall–Kier alpha value is -1.82. The molecule has 0 aromatic carbocycles. The number of hydrogen-bond donors (Lipinski definition) is 2. The second-order valence-corrected chi connectivity index (χ2v) is 7.25. The van der Waals surface area contributed by atoms with Crippen molar-refractivity contribution in [1.29, 1.82) is 0 Å². The van der Waals surface area contributed by atoms with E-state index in [0.717, 1.165) is 44.2 Å². The Bertz CT molecular complexity index is 625. The number of rotatable bonds is 7. The molecule has 3 rings (SSSR count). The Kier molecular flexibility index (Phi) is 5.78. The molecule has 138 valence electrons. The van der Waals surface area contributed by atoms with Gasteiger partial charge in [-0.1, -0.05) is 19.4 Å². The highest BCUT2D eigenvalue weighted by Crippen LogP contribution is 2.32. The molecule has 2 heterocycles. The Morgan fingerprint density at radius 2 is 2.36 bits per heavy atom. The van der Waals surface area contributed by atoms with E-state index in [1.807, 2.05) is 24.0 Å². The molecule has 25 heavy (non-hydrogen) atoms. The van der Waals surface area contributed by atoms with Crippen molar-refractivity contribution in [1.82, 2.24) is 20.4 Å². The summed E-state index contributed by atoms with van der Waals surface area (Å²) in [5.41, 5.74) is 1.75. The Morgan fingerprint density at radius 3 is 3.12 bits per heavy atom. The molecule has 6 heteroatoms. The zero-order valence-electron chi connectivity index (χ0n) is 15.5. The molecular formula is C19H30N4O2. The summed E-state index contributed by atoms with van der Waals surface area (Å²) in [6.07, 6.45) is 11.7. The van der Waals surface area contributed by atoms with Crippen LogP contribution in [-0.2, 0) is 16.1 Å². The minimum Gasteiger partial charge on any atom is -0.381 e. The van der Waals surface area contributed by atoms with Crippen LogP contribution in [0.25, 0.3) is 0 Å². The van der Waals surface area contributed by atoms with Crippen molar-refractivity contribution >= 4 is 5.91 Å². The lowest BCUT2D eigenvalue weighted by Crippen LogP contribution is -2.40. The van der Waals surface area contributed by atoms with E-state index in [1.165, 1.54) is 0 Å². The number of amides is 1. The standard InChI is InChI=1S/C19H30N4O2/c1-4-5-8-23-12-15(11-20-23)13(2)21-19(24)18-9-14-6-7-16(25-3)10-17(14)22-18/h9,11-14,16-17,22H,4-8,10H2,1-3H3,(H,21,24)/t13?,14?,16-,17?/m0/s1. The average molecular weight is 346 g/mol. The molecule has 0 saturated heterocycles. The smallest absolute Gasteiger partial charge is 0.267 e. The minimum absolute atomic E-state index is 0.0304. The van der Waals surface area contributed by atoms with Gasteiger partial charge in [0.15, 0.2) is 0 Å². The number of ether oxygens (including phenoxy) is 1. The van der Waals surface area contributed by atoms with Crippen LogP contribution in [-0.4, -0.2) is 34.9 Å². The topological polar surface area (TPSA) is 68.2 Å². The predicted molar refractivity (Wildman–Crippen MR) is 96.8 cm³/mol. The first-order valence-corrected chi connectivity index (χ1v) is 9.45. The van der Waals surface area contributed by atoms with Crippen LogP contribution in [0.4, 0.5) is 0 Å². The van der Waals surface area contributed by atoms with Gasteiger partial charge in [-0.15, -0.1) is 0 Å². The number of nitrogens with one attached hydrogen (secondary N) is 2. The molecule has 0 radical (unpaired) electrons. The van der Waals surface area contributed by atoms with Gasteiger partial charge in [0, 0.05) is 31.5 Å². The van der Waals surface area contributed by atoms with Gasteiger partial charge in [0.2, 0.25) is 0 Å². The highest BCUT2D eigenvalue weighted by atomic mass is 16.5. The third-order valence-corrected chi connectivity index (χ3v) is 5.40. The third kappa shape index (κ3) is 4.24. The van der Waals surface area contributed by atoms with Gasteiger partial charge in [0.1, 0.15) is 0 Å². The summed E-state index contributed by atoms with van der Waals surface area (Å²) in [7, 11) is 1.77. The van der Waals surface area contributed by atoms with Crippen LogP contribution >= 0.6 is 0 Å². The lowest BCUT2D eigenvalue weighted by molar-refractivity contribution is -0.118. The lowest BCUT2D eigenvalue weighted by Gasteiger charge is -2.30. The zero-order chi connectivity index (χ0) is 17.8. The summed E-state index contributed by atoms with van der Waals surface area (Å²) in [6.45, 7) is 5.10. The van der Waals surface area contributed by atoms with Crippen molar-refractivity contribution in [3.8, 4) is 0 Å². The Balaban J connectivity index is 1.54.